The lowest BCUT2D eigenvalue weighted by atomic mass is 10.4. The van der Waals surface area contributed by atoms with E-state index in [1.165, 1.54) is 11.8 Å². The van der Waals surface area contributed by atoms with E-state index in [1.807, 2.05) is 56.5 Å². The summed E-state index contributed by atoms with van der Waals surface area (Å²) in [6, 6.07) is 9.71. The maximum Gasteiger partial charge on any atom is 0.233 e. The Balaban J connectivity index is 1.58. The van der Waals surface area contributed by atoms with Gasteiger partial charge in [-0.15, -0.1) is 21.5 Å². The van der Waals surface area contributed by atoms with Gasteiger partial charge in [0.2, 0.25) is 5.91 Å². The van der Waals surface area contributed by atoms with Crippen LogP contribution in [0.2, 0.25) is 0 Å². The summed E-state index contributed by atoms with van der Waals surface area (Å²) >= 11 is 3.02. The molecule has 3 aromatic rings. The lowest BCUT2D eigenvalue weighted by Crippen LogP contribution is -2.30. The highest BCUT2D eigenvalue weighted by Gasteiger charge is 2.15. The summed E-state index contributed by atoms with van der Waals surface area (Å²) in [5, 5.41) is 18.2. The molecule has 1 N–H and O–H groups in total. The first-order valence-corrected chi connectivity index (χ1v) is 9.63. The molecule has 0 aromatic carbocycles. The minimum Gasteiger partial charge on any atom is -0.350 e. The molecular weight excluding hydrogens is 354 g/mol. The van der Waals surface area contributed by atoms with Crippen LogP contribution in [-0.4, -0.2) is 31.1 Å². The average molecular weight is 374 g/mol. The normalized spacial score (nSPS) is 12.1. The highest BCUT2D eigenvalue weighted by molar-refractivity contribution is 8.00. The van der Waals surface area contributed by atoms with Crippen molar-refractivity contribution < 1.29 is 4.79 Å². The van der Waals surface area contributed by atoms with Crippen LogP contribution in [0.25, 0.3) is 5.82 Å². The van der Waals surface area contributed by atoms with Crippen LogP contribution in [0.1, 0.15) is 23.2 Å². The topological polar surface area (TPSA) is 72.7 Å². The van der Waals surface area contributed by atoms with Crippen LogP contribution in [0.15, 0.2) is 40.7 Å². The van der Waals surface area contributed by atoms with Crippen LogP contribution < -0.4 is 5.32 Å². The van der Waals surface area contributed by atoms with Crippen molar-refractivity contribution in [3.05, 3.63) is 52.0 Å². The quantitative estimate of drug-likeness (QED) is 0.672. The monoisotopic (exact) mass is 373 g/mol. The number of thiophene rings is 1. The Labute approximate surface area is 154 Å². The third-order valence-corrected chi connectivity index (χ3v) is 5.44. The number of carbonyl (C=O) groups is 1. The van der Waals surface area contributed by atoms with Gasteiger partial charge < -0.3 is 5.32 Å². The van der Waals surface area contributed by atoms with Gasteiger partial charge in [0.15, 0.2) is 5.82 Å². The van der Waals surface area contributed by atoms with Crippen molar-refractivity contribution in [1.29, 1.82) is 0 Å². The van der Waals surface area contributed by atoms with Crippen LogP contribution >= 0.6 is 23.1 Å². The van der Waals surface area contributed by atoms with Crippen molar-refractivity contribution in [1.82, 2.24) is 25.3 Å². The SMILES string of the molecule is Cc1cc(C)n(-c2ccc(S[C@H](C)C(=O)NCc3cccs3)nn2)n1. The number of aryl methyl sites for hydroxylation is 2. The fourth-order valence-electron chi connectivity index (χ4n) is 2.32. The summed E-state index contributed by atoms with van der Waals surface area (Å²) in [5.74, 6) is 0.660. The van der Waals surface area contributed by atoms with Crippen LogP contribution in [0, 0.1) is 13.8 Å². The lowest BCUT2D eigenvalue weighted by Gasteiger charge is -2.11. The third-order valence-electron chi connectivity index (χ3n) is 3.54. The molecule has 0 spiro atoms. The highest BCUT2D eigenvalue weighted by Crippen LogP contribution is 2.21. The number of nitrogens with one attached hydrogen (secondary N) is 1. The first kappa shape index (κ1) is 17.6. The van der Waals surface area contributed by atoms with Gasteiger partial charge in [-0.1, -0.05) is 17.8 Å². The molecule has 0 aliphatic rings. The second-order valence-corrected chi connectivity index (χ2v) is 8.02. The number of nitrogens with zero attached hydrogens (tertiary/aromatic N) is 4. The molecule has 0 saturated carbocycles. The zero-order chi connectivity index (χ0) is 17.8. The van der Waals surface area contributed by atoms with E-state index in [1.54, 1.807) is 16.0 Å². The fraction of sp³-hybridized carbons (Fsp3) is 0.294. The predicted octanol–water partition coefficient (Wildman–Crippen LogP) is 3.14. The van der Waals surface area contributed by atoms with E-state index < -0.39 is 0 Å². The molecule has 25 heavy (non-hydrogen) atoms. The van der Waals surface area contributed by atoms with Gasteiger partial charge in [-0.2, -0.15) is 5.10 Å². The number of amides is 1. The molecule has 130 valence electrons. The van der Waals surface area contributed by atoms with E-state index in [2.05, 4.69) is 20.6 Å². The summed E-state index contributed by atoms with van der Waals surface area (Å²) < 4.78 is 1.76. The van der Waals surface area contributed by atoms with Crippen molar-refractivity contribution >= 4 is 29.0 Å². The van der Waals surface area contributed by atoms with Crippen molar-refractivity contribution in [3.8, 4) is 5.82 Å². The van der Waals surface area contributed by atoms with Gasteiger partial charge >= 0.3 is 0 Å². The molecule has 6 nitrogen and oxygen atoms in total. The standard InChI is InChI=1S/C17H19N5OS2/c1-11-9-12(2)22(21-11)15-6-7-16(20-19-15)25-13(3)17(23)18-10-14-5-4-8-24-14/h4-9,13H,10H2,1-3H3,(H,18,23)/t13-/m1/s1. The van der Waals surface area contributed by atoms with Gasteiger partial charge in [0, 0.05) is 10.6 Å². The van der Waals surface area contributed by atoms with Crippen molar-refractivity contribution in [2.24, 2.45) is 0 Å². The number of hydrogen-bond donors (Lipinski definition) is 1. The van der Waals surface area contributed by atoms with Crippen molar-refractivity contribution in [2.45, 2.75) is 37.6 Å². The Bertz CT molecular complexity index is 843. The summed E-state index contributed by atoms with van der Waals surface area (Å²) in [4.78, 5) is 13.3. The first-order valence-electron chi connectivity index (χ1n) is 7.87. The Morgan fingerprint density at radius 2 is 2.16 bits per heavy atom. The second-order valence-electron chi connectivity index (χ2n) is 5.63. The molecule has 0 unspecified atom stereocenters. The van der Waals surface area contributed by atoms with E-state index in [4.69, 9.17) is 0 Å². The van der Waals surface area contributed by atoms with Crippen LogP contribution in [0.5, 0.6) is 0 Å². The number of rotatable bonds is 6. The predicted molar refractivity (Wildman–Crippen MR) is 100 cm³/mol. The van der Waals surface area contributed by atoms with Crippen LogP contribution in [0.3, 0.4) is 0 Å². The average Bonchev–Trinajstić information content (AvgIpc) is 3.22. The molecule has 0 radical (unpaired) electrons. The Kier molecular flexibility index (Phi) is 5.50. The molecule has 3 heterocycles. The lowest BCUT2D eigenvalue weighted by molar-refractivity contribution is -0.120. The Morgan fingerprint density at radius 3 is 2.76 bits per heavy atom. The Hall–Kier alpha value is -2.19. The molecule has 0 fully saturated rings. The zero-order valence-electron chi connectivity index (χ0n) is 14.3. The number of aromatic nitrogens is 4. The third kappa shape index (κ3) is 4.46. The molecule has 0 aliphatic carbocycles. The van der Waals surface area contributed by atoms with E-state index >= 15 is 0 Å². The molecule has 0 saturated heterocycles. The number of thioether (sulfide) groups is 1. The van der Waals surface area contributed by atoms with Gasteiger partial charge in [0.25, 0.3) is 0 Å². The largest absolute Gasteiger partial charge is 0.350 e. The molecule has 3 aromatic heterocycles. The van der Waals surface area contributed by atoms with E-state index in [0.717, 1.165) is 16.3 Å². The summed E-state index contributed by atoms with van der Waals surface area (Å²) in [6.07, 6.45) is 0. The molecule has 1 atom stereocenters. The Morgan fingerprint density at radius 1 is 1.32 bits per heavy atom. The van der Waals surface area contributed by atoms with Gasteiger partial charge in [0.1, 0.15) is 5.03 Å². The van der Waals surface area contributed by atoms with Gasteiger partial charge in [-0.25, -0.2) is 4.68 Å². The molecular formula is C17H19N5OS2. The maximum atomic E-state index is 12.2. The van der Waals surface area contributed by atoms with Crippen molar-refractivity contribution in [2.75, 3.05) is 0 Å². The maximum absolute atomic E-state index is 12.2. The zero-order valence-corrected chi connectivity index (χ0v) is 15.9. The molecule has 1 amide bonds. The molecule has 0 aliphatic heterocycles. The number of carbonyl (C=O) groups excluding carboxylic acids is 1. The van der Waals surface area contributed by atoms with Gasteiger partial charge in [0.05, 0.1) is 17.5 Å². The summed E-state index contributed by atoms with van der Waals surface area (Å²) in [6.45, 7) is 6.34. The highest BCUT2D eigenvalue weighted by atomic mass is 32.2. The first-order chi connectivity index (χ1) is 12.0. The van der Waals surface area contributed by atoms with Crippen LogP contribution in [-0.2, 0) is 11.3 Å². The molecule has 0 bridgehead atoms. The molecule has 3 rings (SSSR count). The number of hydrogen-bond acceptors (Lipinski definition) is 6. The molecule has 8 heteroatoms. The van der Waals surface area contributed by atoms with Gasteiger partial charge in [-0.05, 0) is 50.4 Å². The fourth-order valence-corrected chi connectivity index (χ4v) is 3.75. The van der Waals surface area contributed by atoms with Crippen molar-refractivity contribution in [3.63, 3.8) is 0 Å². The van der Waals surface area contributed by atoms with Crippen LogP contribution in [0.4, 0.5) is 0 Å². The van der Waals surface area contributed by atoms with E-state index in [0.29, 0.717) is 17.4 Å². The summed E-state index contributed by atoms with van der Waals surface area (Å²) in [5.41, 5.74) is 1.95. The minimum absolute atomic E-state index is 0.0113. The van der Waals surface area contributed by atoms with Gasteiger partial charge in [-0.3, -0.25) is 4.79 Å². The van der Waals surface area contributed by atoms with E-state index in [9.17, 15) is 4.79 Å². The van der Waals surface area contributed by atoms with E-state index in [-0.39, 0.29) is 11.2 Å². The summed E-state index contributed by atoms with van der Waals surface area (Å²) in [7, 11) is 0. The smallest absolute Gasteiger partial charge is 0.233 e. The second kappa shape index (κ2) is 7.79. The minimum atomic E-state index is -0.242.